The number of rotatable bonds is 5. The van der Waals surface area contributed by atoms with E-state index in [2.05, 4.69) is 5.32 Å². The Morgan fingerprint density at radius 2 is 2.00 bits per heavy atom. The van der Waals surface area contributed by atoms with Gasteiger partial charge in [0.2, 0.25) is 5.91 Å². The molecule has 1 heterocycles. The summed E-state index contributed by atoms with van der Waals surface area (Å²) in [4.78, 5) is 23.6. The number of esters is 1. The summed E-state index contributed by atoms with van der Waals surface area (Å²) in [6, 6.07) is 7.36. The Kier molecular flexibility index (Phi) is 5.43. The molecule has 2 rings (SSSR count). The third kappa shape index (κ3) is 4.26. The number of thiophene rings is 1. The van der Waals surface area contributed by atoms with Crippen LogP contribution in [0.15, 0.2) is 41.8 Å². The maximum atomic E-state index is 12.8. The second-order valence-electron chi connectivity index (χ2n) is 4.26. The van der Waals surface area contributed by atoms with Crippen molar-refractivity contribution in [2.45, 2.75) is 6.92 Å². The normalized spacial score (nSPS) is 10.6. The molecular weight excluding hydrogens is 305 g/mol. The Bertz CT molecular complexity index is 692. The molecule has 1 amide bonds. The van der Waals surface area contributed by atoms with E-state index in [9.17, 15) is 14.0 Å². The van der Waals surface area contributed by atoms with Crippen molar-refractivity contribution in [3.05, 3.63) is 58.7 Å². The van der Waals surface area contributed by atoms with Gasteiger partial charge in [-0.15, -0.1) is 11.3 Å². The second-order valence-corrected chi connectivity index (χ2v) is 5.17. The fraction of sp³-hybridized carbons (Fsp3) is 0.125. The minimum atomic E-state index is -0.471. The Labute approximate surface area is 131 Å². The Morgan fingerprint density at radius 3 is 2.68 bits per heavy atom. The van der Waals surface area contributed by atoms with E-state index in [1.54, 1.807) is 36.6 Å². The molecule has 0 saturated heterocycles. The molecule has 6 heteroatoms. The van der Waals surface area contributed by atoms with Gasteiger partial charge < -0.3 is 10.1 Å². The molecule has 0 radical (unpaired) electrons. The van der Waals surface area contributed by atoms with E-state index >= 15 is 0 Å². The van der Waals surface area contributed by atoms with E-state index in [-0.39, 0.29) is 18.3 Å². The summed E-state index contributed by atoms with van der Waals surface area (Å²) in [5, 5.41) is 4.77. The largest absolute Gasteiger partial charge is 0.462 e. The summed E-state index contributed by atoms with van der Waals surface area (Å²) in [6.07, 6.45) is 2.88. The van der Waals surface area contributed by atoms with Crippen molar-refractivity contribution in [1.29, 1.82) is 0 Å². The lowest BCUT2D eigenvalue weighted by Gasteiger charge is -2.03. The first-order valence-corrected chi connectivity index (χ1v) is 7.47. The van der Waals surface area contributed by atoms with Gasteiger partial charge in [-0.2, -0.15) is 0 Å². The molecule has 0 aliphatic heterocycles. The zero-order valence-electron chi connectivity index (χ0n) is 11.8. The zero-order valence-corrected chi connectivity index (χ0v) is 12.7. The molecule has 0 bridgehead atoms. The average Bonchev–Trinajstić information content (AvgIpc) is 2.95. The molecule has 1 aromatic heterocycles. The molecule has 0 saturated carbocycles. The SMILES string of the molecule is CCOC(=O)c1ccsc1NC(=O)C=Cc1ccc(F)cc1. The van der Waals surface area contributed by atoms with E-state index in [1.807, 2.05) is 0 Å². The molecule has 2 aromatic rings. The second kappa shape index (κ2) is 7.51. The predicted molar refractivity (Wildman–Crippen MR) is 84.3 cm³/mol. The quantitative estimate of drug-likeness (QED) is 0.675. The molecule has 4 nitrogen and oxygen atoms in total. The molecule has 22 heavy (non-hydrogen) atoms. The molecule has 0 unspecified atom stereocenters. The molecule has 0 fully saturated rings. The highest BCUT2D eigenvalue weighted by atomic mass is 32.1. The lowest BCUT2D eigenvalue weighted by molar-refractivity contribution is -0.111. The fourth-order valence-corrected chi connectivity index (χ4v) is 2.45. The topological polar surface area (TPSA) is 55.4 Å². The van der Waals surface area contributed by atoms with Gasteiger partial charge >= 0.3 is 5.97 Å². The van der Waals surface area contributed by atoms with Crippen LogP contribution in [0.4, 0.5) is 9.39 Å². The Morgan fingerprint density at radius 1 is 1.27 bits per heavy atom. The number of hydrogen-bond donors (Lipinski definition) is 1. The van der Waals surface area contributed by atoms with Gasteiger partial charge in [-0.25, -0.2) is 9.18 Å². The summed E-state index contributed by atoms with van der Waals surface area (Å²) in [5.41, 5.74) is 1.03. The summed E-state index contributed by atoms with van der Waals surface area (Å²) >= 11 is 1.24. The number of amides is 1. The highest BCUT2D eigenvalue weighted by Crippen LogP contribution is 2.24. The molecule has 0 spiro atoms. The van der Waals surface area contributed by atoms with Gasteiger partial charge in [-0.3, -0.25) is 4.79 Å². The van der Waals surface area contributed by atoms with E-state index in [0.29, 0.717) is 16.1 Å². The first kappa shape index (κ1) is 15.9. The molecule has 1 N–H and O–H groups in total. The van der Waals surface area contributed by atoms with E-state index in [4.69, 9.17) is 4.74 Å². The summed E-state index contributed by atoms with van der Waals surface area (Å²) in [5.74, 6) is -1.18. The van der Waals surface area contributed by atoms with Crippen LogP contribution in [0.3, 0.4) is 0 Å². The highest BCUT2D eigenvalue weighted by Gasteiger charge is 2.14. The fourth-order valence-electron chi connectivity index (χ4n) is 1.68. The molecular formula is C16H14FNO3S. The van der Waals surface area contributed by atoms with Crippen LogP contribution in [0, 0.1) is 5.82 Å². The highest BCUT2D eigenvalue weighted by molar-refractivity contribution is 7.14. The van der Waals surface area contributed by atoms with Crippen molar-refractivity contribution in [3.63, 3.8) is 0 Å². The average molecular weight is 319 g/mol. The molecule has 114 valence electrons. The zero-order chi connectivity index (χ0) is 15.9. The number of nitrogens with one attached hydrogen (secondary N) is 1. The summed E-state index contributed by atoms with van der Waals surface area (Å²) in [7, 11) is 0. The van der Waals surface area contributed by atoms with Crippen molar-refractivity contribution in [2.24, 2.45) is 0 Å². The Balaban J connectivity index is 2.02. The van der Waals surface area contributed by atoms with Crippen LogP contribution in [0.5, 0.6) is 0 Å². The van der Waals surface area contributed by atoms with Gasteiger partial charge in [0.1, 0.15) is 10.8 Å². The number of halogens is 1. The van der Waals surface area contributed by atoms with Crippen LogP contribution in [0.2, 0.25) is 0 Å². The molecule has 0 aliphatic rings. The van der Waals surface area contributed by atoms with E-state index < -0.39 is 5.97 Å². The smallest absolute Gasteiger partial charge is 0.341 e. The summed E-state index contributed by atoms with van der Waals surface area (Å²) in [6.45, 7) is 1.99. The van der Waals surface area contributed by atoms with Crippen molar-refractivity contribution in [1.82, 2.24) is 0 Å². The number of hydrogen-bond acceptors (Lipinski definition) is 4. The molecule has 1 aromatic carbocycles. The van der Waals surface area contributed by atoms with Gasteiger partial charge in [0.05, 0.1) is 12.2 Å². The third-order valence-electron chi connectivity index (χ3n) is 2.69. The predicted octanol–water partition coefficient (Wildman–Crippen LogP) is 3.72. The number of ether oxygens (including phenoxy) is 1. The van der Waals surface area contributed by atoms with E-state index in [0.717, 1.165) is 0 Å². The van der Waals surface area contributed by atoms with Gasteiger partial charge in [-0.1, -0.05) is 12.1 Å². The summed E-state index contributed by atoms with van der Waals surface area (Å²) < 4.78 is 17.7. The Hall–Kier alpha value is -2.47. The van der Waals surface area contributed by atoms with E-state index in [1.165, 1.54) is 29.5 Å². The minimum absolute atomic E-state index is 0.270. The lowest BCUT2D eigenvalue weighted by Crippen LogP contribution is -2.11. The van der Waals surface area contributed by atoms with Crippen LogP contribution < -0.4 is 5.32 Å². The monoisotopic (exact) mass is 319 g/mol. The lowest BCUT2D eigenvalue weighted by atomic mass is 10.2. The van der Waals surface area contributed by atoms with Gasteiger partial charge in [0.15, 0.2) is 0 Å². The van der Waals surface area contributed by atoms with Crippen molar-refractivity contribution in [3.8, 4) is 0 Å². The third-order valence-corrected chi connectivity index (χ3v) is 3.52. The number of carbonyl (C=O) groups is 2. The number of benzene rings is 1. The molecule has 0 aliphatic carbocycles. The molecule has 0 atom stereocenters. The van der Waals surface area contributed by atoms with Gasteiger partial charge in [-0.05, 0) is 42.1 Å². The maximum absolute atomic E-state index is 12.8. The van der Waals surface area contributed by atoms with Gasteiger partial charge in [0, 0.05) is 6.08 Å². The van der Waals surface area contributed by atoms with Crippen molar-refractivity contribution in [2.75, 3.05) is 11.9 Å². The van der Waals surface area contributed by atoms with Gasteiger partial charge in [0.25, 0.3) is 0 Å². The van der Waals surface area contributed by atoms with Crippen LogP contribution in [-0.4, -0.2) is 18.5 Å². The first-order valence-electron chi connectivity index (χ1n) is 6.59. The minimum Gasteiger partial charge on any atom is -0.462 e. The van der Waals surface area contributed by atoms with Crippen LogP contribution in [0.1, 0.15) is 22.8 Å². The van der Waals surface area contributed by atoms with Crippen LogP contribution >= 0.6 is 11.3 Å². The maximum Gasteiger partial charge on any atom is 0.341 e. The van der Waals surface area contributed by atoms with Crippen LogP contribution in [0.25, 0.3) is 6.08 Å². The number of carbonyl (C=O) groups excluding carboxylic acids is 2. The van der Waals surface area contributed by atoms with Crippen molar-refractivity contribution >= 4 is 34.3 Å². The first-order chi connectivity index (χ1) is 10.6. The number of anilines is 1. The van der Waals surface area contributed by atoms with Crippen molar-refractivity contribution < 1.29 is 18.7 Å². The van der Waals surface area contributed by atoms with Crippen LogP contribution in [-0.2, 0) is 9.53 Å². The standard InChI is InChI=1S/C16H14FNO3S/c1-2-21-16(20)13-9-10-22-15(13)18-14(19)8-5-11-3-6-12(17)7-4-11/h3-10H,2H2,1H3,(H,18,19).